The topological polar surface area (TPSA) is 58.7 Å². The van der Waals surface area contributed by atoms with E-state index in [0.717, 1.165) is 0 Å². The van der Waals surface area contributed by atoms with Gasteiger partial charge in [-0.3, -0.25) is 4.79 Å². The van der Waals surface area contributed by atoms with Gasteiger partial charge in [0.1, 0.15) is 11.8 Å². The standard InChI is InChI=1S/C7H7N3O/c1-5(11)6-4-10(2)7(3-8)9-6/h4H,1-2H3. The monoisotopic (exact) mass is 149 g/mol. The van der Waals surface area contributed by atoms with Crippen molar-refractivity contribution in [2.45, 2.75) is 6.92 Å². The number of ketones is 1. The quantitative estimate of drug-likeness (QED) is 0.546. The average Bonchev–Trinajstić information content (AvgIpc) is 2.31. The number of nitriles is 1. The van der Waals surface area contributed by atoms with Crippen molar-refractivity contribution in [1.29, 1.82) is 5.26 Å². The van der Waals surface area contributed by atoms with Gasteiger partial charge in [0, 0.05) is 20.2 Å². The maximum absolute atomic E-state index is 10.7. The van der Waals surface area contributed by atoms with E-state index >= 15 is 0 Å². The first-order valence-corrected chi connectivity index (χ1v) is 3.09. The van der Waals surface area contributed by atoms with Gasteiger partial charge in [0.25, 0.3) is 0 Å². The Hall–Kier alpha value is -1.63. The summed E-state index contributed by atoms with van der Waals surface area (Å²) in [5.41, 5.74) is 0.337. The van der Waals surface area contributed by atoms with E-state index in [4.69, 9.17) is 5.26 Å². The maximum Gasteiger partial charge on any atom is 0.213 e. The van der Waals surface area contributed by atoms with Crippen molar-refractivity contribution in [2.24, 2.45) is 7.05 Å². The van der Waals surface area contributed by atoms with Crippen LogP contribution in [0.25, 0.3) is 0 Å². The summed E-state index contributed by atoms with van der Waals surface area (Å²) in [6, 6.07) is 1.87. The molecule has 0 N–H and O–H groups in total. The fourth-order valence-electron chi connectivity index (χ4n) is 0.740. The lowest BCUT2D eigenvalue weighted by Gasteiger charge is -1.84. The largest absolute Gasteiger partial charge is 0.325 e. The van der Waals surface area contributed by atoms with Crippen LogP contribution in [0.4, 0.5) is 0 Å². The molecule has 4 heteroatoms. The SMILES string of the molecule is CC(=O)c1cn(C)c(C#N)n1. The van der Waals surface area contributed by atoms with Crippen LogP contribution in [0.3, 0.4) is 0 Å². The van der Waals surface area contributed by atoms with E-state index in [0.29, 0.717) is 5.69 Å². The van der Waals surface area contributed by atoms with Gasteiger partial charge >= 0.3 is 0 Å². The minimum Gasteiger partial charge on any atom is -0.325 e. The Morgan fingerprint density at radius 2 is 2.45 bits per heavy atom. The Kier molecular flexibility index (Phi) is 1.73. The summed E-state index contributed by atoms with van der Waals surface area (Å²) < 4.78 is 1.52. The van der Waals surface area contributed by atoms with Crippen molar-refractivity contribution in [2.75, 3.05) is 0 Å². The second-order valence-electron chi connectivity index (χ2n) is 2.23. The van der Waals surface area contributed by atoms with Gasteiger partial charge in [0.15, 0.2) is 5.78 Å². The molecule has 0 amide bonds. The van der Waals surface area contributed by atoms with Gasteiger partial charge in [-0.1, -0.05) is 0 Å². The molecule has 1 rings (SSSR count). The molecule has 0 atom stereocenters. The second kappa shape index (κ2) is 2.54. The van der Waals surface area contributed by atoms with Crippen LogP contribution < -0.4 is 0 Å². The number of carbonyl (C=O) groups excluding carboxylic acids is 1. The molecule has 1 heterocycles. The predicted octanol–water partition coefficient (Wildman–Crippen LogP) is 0.494. The van der Waals surface area contributed by atoms with Crippen LogP contribution in [0.15, 0.2) is 6.20 Å². The number of rotatable bonds is 1. The predicted molar refractivity (Wildman–Crippen MR) is 37.9 cm³/mol. The van der Waals surface area contributed by atoms with Gasteiger partial charge < -0.3 is 4.57 Å². The molecule has 1 aromatic heterocycles. The van der Waals surface area contributed by atoms with E-state index < -0.39 is 0 Å². The van der Waals surface area contributed by atoms with E-state index in [9.17, 15) is 4.79 Å². The molecule has 0 bridgehead atoms. The molecular formula is C7H7N3O. The zero-order chi connectivity index (χ0) is 8.43. The summed E-state index contributed by atoms with van der Waals surface area (Å²) in [6.07, 6.45) is 1.54. The first-order chi connectivity index (χ1) is 5.15. The van der Waals surface area contributed by atoms with E-state index in [-0.39, 0.29) is 11.6 Å². The highest BCUT2D eigenvalue weighted by Crippen LogP contribution is 1.99. The Labute approximate surface area is 64.1 Å². The number of hydrogen-bond acceptors (Lipinski definition) is 3. The van der Waals surface area contributed by atoms with Crippen molar-refractivity contribution in [3.63, 3.8) is 0 Å². The Morgan fingerprint density at radius 3 is 2.73 bits per heavy atom. The summed E-state index contributed by atoms with van der Waals surface area (Å²) in [7, 11) is 1.68. The second-order valence-corrected chi connectivity index (χ2v) is 2.23. The van der Waals surface area contributed by atoms with Crippen LogP contribution in [-0.2, 0) is 7.05 Å². The molecular weight excluding hydrogens is 142 g/mol. The average molecular weight is 149 g/mol. The van der Waals surface area contributed by atoms with E-state index in [1.807, 2.05) is 6.07 Å². The molecule has 0 aliphatic rings. The highest BCUT2D eigenvalue weighted by molar-refractivity contribution is 5.92. The third-order valence-electron chi connectivity index (χ3n) is 1.34. The summed E-state index contributed by atoms with van der Waals surface area (Å²) in [6.45, 7) is 1.42. The summed E-state index contributed by atoms with van der Waals surface area (Å²) >= 11 is 0. The molecule has 0 saturated heterocycles. The van der Waals surface area contributed by atoms with Gasteiger partial charge in [-0.15, -0.1) is 0 Å². The van der Waals surface area contributed by atoms with Crippen molar-refractivity contribution in [3.05, 3.63) is 17.7 Å². The van der Waals surface area contributed by atoms with Gasteiger partial charge in [0.2, 0.25) is 5.82 Å². The summed E-state index contributed by atoms with van der Waals surface area (Å²) in [4.78, 5) is 14.5. The van der Waals surface area contributed by atoms with Crippen molar-refractivity contribution in [3.8, 4) is 6.07 Å². The van der Waals surface area contributed by atoms with E-state index in [1.165, 1.54) is 11.5 Å². The van der Waals surface area contributed by atoms with Crippen LogP contribution in [-0.4, -0.2) is 15.3 Å². The third kappa shape index (κ3) is 1.27. The number of Topliss-reactive ketones (excluding diaryl/α,β-unsaturated/α-hetero) is 1. The maximum atomic E-state index is 10.7. The smallest absolute Gasteiger partial charge is 0.213 e. The minimum atomic E-state index is -0.123. The molecule has 0 aliphatic heterocycles. The Bertz CT molecular complexity index is 332. The number of hydrogen-bond donors (Lipinski definition) is 0. The molecule has 0 spiro atoms. The molecule has 0 aliphatic carbocycles. The van der Waals surface area contributed by atoms with Gasteiger partial charge in [-0.2, -0.15) is 5.26 Å². The number of aryl methyl sites for hydroxylation is 1. The fourth-order valence-corrected chi connectivity index (χ4v) is 0.740. The van der Waals surface area contributed by atoms with Crippen molar-refractivity contribution in [1.82, 2.24) is 9.55 Å². The molecule has 11 heavy (non-hydrogen) atoms. The lowest BCUT2D eigenvalue weighted by atomic mass is 10.3. The Morgan fingerprint density at radius 1 is 1.82 bits per heavy atom. The molecule has 56 valence electrons. The summed E-state index contributed by atoms with van der Waals surface area (Å²) in [5, 5.41) is 8.47. The normalized spacial score (nSPS) is 9.18. The molecule has 0 aromatic carbocycles. The highest BCUT2D eigenvalue weighted by atomic mass is 16.1. The third-order valence-corrected chi connectivity index (χ3v) is 1.34. The molecule has 0 radical (unpaired) electrons. The lowest BCUT2D eigenvalue weighted by Crippen LogP contribution is -1.90. The molecule has 0 unspecified atom stereocenters. The number of imidazole rings is 1. The highest BCUT2D eigenvalue weighted by Gasteiger charge is 2.06. The molecule has 1 aromatic rings. The van der Waals surface area contributed by atoms with Crippen molar-refractivity contribution >= 4 is 5.78 Å². The van der Waals surface area contributed by atoms with Crippen LogP contribution in [0.1, 0.15) is 23.2 Å². The van der Waals surface area contributed by atoms with Gasteiger partial charge in [-0.05, 0) is 0 Å². The van der Waals surface area contributed by atoms with E-state index in [2.05, 4.69) is 4.98 Å². The van der Waals surface area contributed by atoms with Crippen LogP contribution >= 0.6 is 0 Å². The summed E-state index contributed by atoms with van der Waals surface area (Å²) in [5.74, 6) is 0.136. The Balaban J connectivity index is 3.18. The fraction of sp³-hybridized carbons (Fsp3) is 0.286. The number of aromatic nitrogens is 2. The zero-order valence-electron chi connectivity index (χ0n) is 6.33. The minimum absolute atomic E-state index is 0.123. The van der Waals surface area contributed by atoms with Gasteiger partial charge in [-0.25, -0.2) is 4.98 Å². The molecule has 4 nitrogen and oxygen atoms in total. The first-order valence-electron chi connectivity index (χ1n) is 3.09. The number of carbonyl (C=O) groups is 1. The first kappa shape index (κ1) is 7.48. The molecule has 0 fully saturated rings. The lowest BCUT2D eigenvalue weighted by molar-refractivity contribution is 0.101. The van der Waals surface area contributed by atoms with Crippen LogP contribution in [0.2, 0.25) is 0 Å². The zero-order valence-corrected chi connectivity index (χ0v) is 6.33. The number of nitrogens with zero attached hydrogens (tertiary/aromatic N) is 3. The van der Waals surface area contributed by atoms with Gasteiger partial charge in [0.05, 0.1) is 0 Å². The molecule has 0 saturated carbocycles. The van der Waals surface area contributed by atoms with E-state index in [1.54, 1.807) is 13.2 Å². The van der Waals surface area contributed by atoms with Crippen molar-refractivity contribution < 1.29 is 4.79 Å². The van der Waals surface area contributed by atoms with Crippen LogP contribution in [0, 0.1) is 11.3 Å². The van der Waals surface area contributed by atoms with Crippen LogP contribution in [0.5, 0.6) is 0 Å².